The average Bonchev–Trinajstić information content (AvgIpc) is 2.36. The van der Waals surface area contributed by atoms with Crippen molar-refractivity contribution >= 4 is 17.5 Å². The van der Waals surface area contributed by atoms with Crippen LogP contribution >= 0.6 is 0 Å². The summed E-state index contributed by atoms with van der Waals surface area (Å²) in [7, 11) is 1.54. The highest BCUT2D eigenvalue weighted by molar-refractivity contribution is 6.39. The molecule has 0 spiro atoms. The minimum absolute atomic E-state index is 0.490. The molecule has 17 heavy (non-hydrogen) atoms. The summed E-state index contributed by atoms with van der Waals surface area (Å²) in [5.74, 6) is -0.682. The Morgan fingerprint density at radius 2 is 2.06 bits per heavy atom. The van der Waals surface area contributed by atoms with Crippen LogP contribution in [-0.4, -0.2) is 25.5 Å². The second kappa shape index (κ2) is 6.52. The highest BCUT2D eigenvalue weighted by Gasteiger charge is 2.12. The van der Waals surface area contributed by atoms with E-state index in [2.05, 4.69) is 10.6 Å². The normalized spacial score (nSPS) is 9.53. The molecule has 0 aliphatic carbocycles. The highest BCUT2D eigenvalue weighted by Crippen LogP contribution is 2.16. The number of carbonyl (C=O) groups excluding carboxylic acids is 2. The van der Waals surface area contributed by atoms with Crippen molar-refractivity contribution in [1.29, 1.82) is 0 Å². The van der Waals surface area contributed by atoms with Gasteiger partial charge in [0.2, 0.25) is 0 Å². The van der Waals surface area contributed by atoms with Gasteiger partial charge in [-0.1, -0.05) is 13.0 Å². The maximum absolute atomic E-state index is 11.5. The Labute approximate surface area is 100 Å². The summed E-state index contributed by atoms with van der Waals surface area (Å²) in [6, 6.07) is 6.82. The second-order valence-electron chi connectivity index (χ2n) is 3.44. The van der Waals surface area contributed by atoms with Crippen LogP contribution < -0.4 is 15.4 Å². The molecule has 0 heterocycles. The van der Waals surface area contributed by atoms with Crippen molar-refractivity contribution in [3.05, 3.63) is 24.3 Å². The average molecular weight is 236 g/mol. The molecule has 0 unspecified atom stereocenters. The molecule has 0 aliphatic rings. The summed E-state index contributed by atoms with van der Waals surface area (Å²) < 4.78 is 5.01. The summed E-state index contributed by atoms with van der Waals surface area (Å²) in [5.41, 5.74) is 0.529. The number of hydrogen-bond donors (Lipinski definition) is 2. The molecule has 1 rings (SSSR count). The number of hydrogen-bond acceptors (Lipinski definition) is 3. The van der Waals surface area contributed by atoms with Crippen LogP contribution in [0.4, 0.5) is 5.69 Å². The van der Waals surface area contributed by atoms with Crippen LogP contribution in [0.3, 0.4) is 0 Å². The summed E-state index contributed by atoms with van der Waals surface area (Å²) in [5, 5.41) is 4.99. The van der Waals surface area contributed by atoms with Crippen LogP contribution in [0, 0.1) is 0 Å². The zero-order valence-corrected chi connectivity index (χ0v) is 9.95. The van der Waals surface area contributed by atoms with Gasteiger partial charge < -0.3 is 15.4 Å². The van der Waals surface area contributed by atoms with Gasteiger partial charge in [0.1, 0.15) is 5.75 Å². The van der Waals surface area contributed by atoms with E-state index in [4.69, 9.17) is 4.74 Å². The first-order chi connectivity index (χ1) is 8.17. The first kappa shape index (κ1) is 13.0. The van der Waals surface area contributed by atoms with Crippen molar-refractivity contribution in [2.24, 2.45) is 0 Å². The first-order valence-electron chi connectivity index (χ1n) is 5.40. The zero-order valence-electron chi connectivity index (χ0n) is 9.95. The monoisotopic (exact) mass is 236 g/mol. The molecular formula is C12H16N2O3. The zero-order chi connectivity index (χ0) is 12.7. The number of benzene rings is 1. The number of rotatable bonds is 4. The quantitative estimate of drug-likeness (QED) is 0.771. The lowest BCUT2D eigenvalue weighted by atomic mass is 10.3. The predicted octanol–water partition coefficient (Wildman–Crippen LogP) is 1.16. The summed E-state index contributed by atoms with van der Waals surface area (Å²) in [6.07, 6.45) is 0.790. The molecule has 2 N–H and O–H groups in total. The Balaban J connectivity index is 2.58. The van der Waals surface area contributed by atoms with Crippen molar-refractivity contribution < 1.29 is 14.3 Å². The van der Waals surface area contributed by atoms with Crippen molar-refractivity contribution in [2.45, 2.75) is 13.3 Å². The standard InChI is InChI=1S/C12H16N2O3/c1-3-7-13-11(15)12(16)14-9-5-4-6-10(8-9)17-2/h4-6,8H,3,7H2,1-2H3,(H,13,15)(H,14,16). The Bertz CT molecular complexity index is 404. The van der Waals surface area contributed by atoms with Crippen molar-refractivity contribution in [2.75, 3.05) is 19.0 Å². The minimum atomic E-state index is -0.674. The molecule has 1 aromatic rings. The Kier molecular flexibility index (Phi) is 5.00. The molecule has 0 bridgehead atoms. The molecule has 2 amide bonds. The van der Waals surface area contributed by atoms with E-state index in [1.165, 1.54) is 7.11 Å². The van der Waals surface area contributed by atoms with Gasteiger partial charge in [0.25, 0.3) is 0 Å². The summed E-state index contributed by atoms with van der Waals surface area (Å²) >= 11 is 0. The minimum Gasteiger partial charge on any atom is -0.497 e. The van der Waals surface area contributed by atoms with Gasteiger partial charge >= 0.3 is 11.8 Å². The van der Waals surface area contributed by atoms with Crippen LogP contribution in [0.5, 0.6) is 5.75 Å². The SMILES string of the molecule is CCCNC(=O)C(=O)Nc1cccc(OC)c1. The largest absolute Gasteiger partial charge is 0.497 e. The van der Waals surface area contributed by atoms with E-state index in [1.54, 1.807) is 24.3 Å². The lowest BCUT2D eigenvalue weighted by Gasteiger charge is -2.06. The van der Waals surface area contributed by atoms with Crippen LogP contribution in [-0.2, 0) is 9.59 Å². The molecule has 0 atom stereocenters. The fourth-order valence-corrected chi connectivity index (χ4v) is 1.21. The highest BCUT2D eigenvalue weighted by atomic mass is 16.5. The maximum Gasteiger partial charge on any atom is 0.313 e. The van der Waals surface area contributed by atoms with E-state index in [1.807, 2.05) is 6.92 Å². The van der Waals surface area contributed by atoms with Gasteiger partial charge in [-0.05, 0) is 18.6 Å². The number of nitrogens with one attached hydrogen (secondary N) is 2. The third-order valence-corrected chi connectivity index (χ3v) is 2.07. The summed E-state index contributed by atoms with van der Waals surface area (Å²) in [6.45, 7) is 2.41. The van der Waals surface area contributed by atoms with Gasteiger partial charge in [-0.2, -0.15) is 0 Å². The fourth-order valence-electron chi connectivity index (χ4n) is 1.21. The van der Waals surface area contributed by atoms with E-state index >= 15 is 0 Å². The Hall–Kier alpha value is -2.04. The number of methoxy groups -OCH3 is 1. The van der Waals surface area contributed by atoms with E-state index in [9.17, 15) is 9.59 Å². The smallest absolute Gasteiger partial charge is 0.313 e. The van der Waals surface area contributed by atoms with Gasteiger partial charge in [-0.25, -0.2) is 0 Å². The number of anilines is 1. The summed E-state index contributed by atoms with van der Waals surface area (Å²) in [4.78, 5) is 22.8. The molecule has 0 saturated carbocycles. The number of amides is 2. The van der Waals surface area contributed by atoms with Crippen molar-refractivity contribution in [3.8, 4) is 5.75 Å². The molecule has 0 fully saturated rings. The predicted molar refractivity (Wildman–Crippen MR) is 64.9 cm³/mol. The number of carbonyl (C=O) groups is 2. The molecule has 5 nitrogen and oxygen atoms in total. The maximum atomic E-state index is 11.5. The van der Waals surface area contributed by atoms with Gasteiger partial charge in [-0.15, -0.1) is 0 Å². The third kappa shape index (κ3) is 4.14. The van der Waals surface area contributed by atoms with Crippen LogP contribution in [0.1, 0.15) is 13.3 Å². The number of ether oxygens (including phenoxy) is 1. The molecule has 0 saturated heterocycles. The van der Waals surface area contributed by atoms with E-state index < -0.39 is 11.8 Å². The Morgan fingerprint density at radius 3 is 2.71 bits per heavy atom. The molecule has 0 aliphatic heterocycles. The van der Waals surface area contributed by atoms with Crippen LogP contribution in [0.15, 0.2) is 24.3 Å². The molecule has 1 aromatic carbocycles. The lowest BCUT2D eigenvalue weighted by Crippen LogP contribution is -2.35. The molecule has 0 radical (unpaired) electrons. The molecule has 92 valence electrons. The van der Waals surface area contributed by atoms with Crippen molar-refractivity contribution in [1.82, 2.24) is 5.32 Å². The van der Waals surface area contributed by atoms with Crippen LogP contribution in [0.25, 0.3) is 0 Å². The van der Waals surface area contributed by atoms with E-state index in [0.29, 0.717) is 18.0 Å². The van der Waals surface area contributed by atoms with Gasteiger partial charge in [0, 0.05) is 18.3 Å². The molecule has 5 heteroatoms. The van der Waals surface area contributed by atoms with Gasteiger partial charge in [0.05, 0.1) is 7.11 Å². The first-order valence-corrected chi connectivity index (χ1v) is 5.40. The van der Waals surface area contributed by atoms with Gasteiger partial charge in [0.15, 0.2) is 0 Å². The van der Waals surface area contributed by atoms with Crippen LogP contribution in [0.2, 0.25) is 0 Å². The van der Waals surface area contributed by atoms with Gasteiger partial charge in [-0.3, -0.25) is 9.59 Å². The molecular weight excluding hydrogens is 220 g/mol. The Morgan fingerprint density at radius 1 is 1.29 bits per heavy atom. The van der Waals surface area contributed by atoms with E-state index in [0.717, 1.165) is 6.42 Å². The van der Waals surface area contributed by atoms with Crippen molar-refractivity contribution in [3.63, 3.8) is 0 Å². The third-order valence-electron chi connectivity index (χ3n) is 2.07. The van der Waals surface area contributed by atoms with E-state index in [-0.39, 0.29) is 0 Å². The second-order valence-corrected chi connectivity index (χ2v) is 3.44. The fraction of sp³-hybridized carbons (Fsp3) is 0.333. The molecule has 0 aromatic heterocycles. The topological polar surface area (TPSA) is 67.4 Å². The lowest BCUT2D eigenvalue weighted by molar-refractivity contribution is -0.136.